The van der Waals surface area contributed by atoms with E-state index in [9.17, 15) is 0 Å². The fourth-order valence-corrected chi connectivity index (χ4v) is 2.42. The Kier molecular flexibility index (Phi) is 3.62. The molecule has 1 aromatic rings. The van der Waals surface area contributed by atoms with E-state index in [1.807, 2.05) is 0 Å². The summed E-state index contributed by atoms with van der Waals surface area (Å²) in [6.07, 6.45) is 1.21. The van der Waals surface area contributed by atoms with Crippen LogP contribution < -0.4 is 5.32 Å². The second-order valence-corrected chi connectivity index (χ2v) is 5.07. The van der Waals surface area contributed by atoms with Gasteiger partial charge in [-0.2, -0.15) is 0 Å². The van der Waals surface area contributed by atoms with Gasteiger partial charge in [0.05, 0.1) is 0 Å². The van der Waals surface area contributed by atoms with E-state index < -0.39 is 0 Å². The molecular formula is C14H22N2. The molecule has 1 N–H and O–H groups in total. The fourth-order valence-electron chi connectivity index (χ4n) is 2.42. The Bertz CT molecular complexity index is 338. The molecule has 0 saturated carbocycles. The van der Waals surface area contributed by atoms with Gasteiger partial charge in [-0.3, -0.25) is 10.2 Å². The average molecular weight is 218 g/mol. The van der Waals surface area contributed by atoms with Crippen LogP contribution in [0.15, 0.2) is 24.3 Å². The number of rotatable bonds is 2. The first kappa shape index (κ1) is 11.6. The van der Waals surface area contributed by atoms with Gasteiger partial charge >= 0.3 is 0 Å². The second-order valence-electron chi connectivity index (χ2n) is 5.07. The van der Waals surface area contributed by atoms with Crippen LogP contribution in [0, 0.1) is 0 Å². The Morgan fingerprint density at radius 1 is 1.31 bits per heavy atom. The van der Waals surface area contributed by atoms with E-state index in [4.69, 9.17) is 0 Å². The van der Waals surface area contributed by atoms with Gasteiger partial charge in [-0.05, 0) is 30.5 Å². The van der Waals surface area contributed by atoms with E-state index in [1.54, 1.807) is 0 Å². The summed E-state index contributed by atoms with van der Waals surface area (Å²) in [7, 11) is 2.16. The number of nitrogens with one attached hydrogen (secondary N) is 1. The highest BCUT2D eigenvalue weighted by molar-refractivity contribution is 5.32. The van der Waals surface area contributed by atoms with Crippen molar-refractivity contribution in [3.05, 3.63) is 35.4 Å². The largest absolute Gasteiger partial charge is 0.297 e. The maximum Gasteiger partial charge on any atom is 0.0482 e. The number of nitrogens with zero attached hydrogens (tertiary/aromatic N) is 1. The monoisotopic (exact) mass is 218 g/mol. The van der Waals surface area contributed by atoms with Crippen LogP contribution in [-0.4, -0.2) is 25.2 Å². The first-order chi connectivity index (χ1) is 7.68. The third kappa shape index (κ3) is 2.45. The molecule has 0 radical (unpaired) electrons. The van der Waals surface area contributed by atoms with E-state index in [1.165, 1.54) is 24.1 Å². The quantitative estimate of drug-likeness (QED) is 0.821. The zero-order chi connectivity index (χ0) is 11.5. The molecule has 1 aliphatic heterocycles. The summed E-state index contributed by atoms with van der Waals surface area (Å²) in [5.74, 6) is 0.609. The maximum absolute atomic E-state index is 3.61. The first-order valence-corrected chi connectivity index (χ1v) is 6.19. The van der Waals surface area contributed by atoms with Gasteiger partial charge in [-0.1, -0.05) is 38.1 Å². The first-order valence-electron chi connectivity index (χ1n) is 6.19. The lowest BCUT2D eigenvalue weighted by atomic mass is 9.91. The van der Waals surface area contributed by atoms with Crippen molar-refractivity contribution in [2.75, 3.05) is 20.3 Å². The van der Waals surface area contributed by atoms with E-state index in [0.717, 1.165) is 6.67 Å². The van der Waals surface area contributed by atoms with Crippen molar-refractivity contribution in [3.8, 4) is 0 Å². The van der Waals surface area contributed by atoms with Crippen LogP contribution in [0.3, 0.4) is 0 Å². The van der Waals surface area contributed by atoms with E-state index >= 15 is 0 Å². The smallest absolute Gasteiger partial charge is 0.0482 e. The number of hydrogen-bond donors (Lipinski definition) is 1. The molecule has 0 bridgehead atoms. The molecular weight excluding hydrogens is 196 g/mol. The SMILES string of the molecule is CC(C)c1ccccc1C1CCN(C)CN1. The van der Waals surface area contributed by atoms with Gasteiger partial charge in [-0.25, -0.2) is 0 Å². The Hall–Kier alpha value is -0.860. The maximum atomic E-state index is 3.61. The van der Waals surface area contributed by atoms with Gasteiger partial charge in [-0.15, -0.1) is 0 Å². The van der Waals surface area contributed by atoms with Crippen molar-refractivity contribution in [1.82, 2.24) is 10.2 Å². The van der Waals surface area contributed by atoms with Crippen LogP contribution in [-0.2, 0) is 0 Å². The van der Waals surface area contributed by atoms with E-state index in [-0.39, 0.29) is 0 Å². The standard InChI is InChI=1S/C14H22N2/c1-11(2)12-6-4-5-7-13(12)14-8-9-16(3)10-15-14/h4-7,11,14-15H,8-10H2,1-3H3. The van der Waals surface area contributed by atoms with Gasteiger partial charge in [0.1, 0.15) is 0 Å². The lowest BCUT2D eigenvalue weighted by Gasteiger charge is -2.32. The highest BCUT2D eigenvalue weighted by Crippen LogP contribution is 2.28. The summed E-state index contributed by atoms with van der Waals surface area (Å²) in [4.78, 5) is 2.33. The molecule has 1 heterocycles. The van der Waals surface area contributed by atoms with Crippen LogP contribution in [0.5, 0.6) is 0 Å². The predicted molar refractivity (Wildman–Crippen MR) is 68.5 cm³/mol. The van der Waals surface area contributed by atoms with Crippen molar-refractivity contribution in [3.63, 3.8) is 0 Å². The summed E-state index contributed by atoms with van der Waals surface area (Å²) < 4.78 is 0. The lowest BCUT2D eigenvalue weighted by Crippen LogP contribution is -2.41. The molecule has 1 saturated heterocycles. The van der Waals surface area contributed by atoms with Gasteiger partial charge in [0, 0.05) is 19.3 Å². The lowest BCUT2D eigenvalue weighted by molar-refractivity contribution is 0.219. The third-order valence-corrected chi connectivity index (χ3v) is 3.40. The van der Waals surface area contributed by atoms with E-state index in [2.05, 4.69) is 55.4 Å². The normalized spacial score (nSPS) is 22.6. The van der Waals surface area contributed by atoms with Crippen molar-refractivity contribution >= 4 is 0 Å². The number of hydrogen-bond acceptors (Lipinski definition) is 2. The molecule has 1 aliphatic rings. The van der Waals surface area contributed by atoms with Crippen molar-refractivity contribution in [1.29, 1.82) is 0 Å². The fraction of sp³-hybridized carbons (Fsp3) is 0.571. The second kappa shape index (κ2) is 4.98. The predicted octanol–water partition coefficient (Wildman–Crippen LogP) is 2.73. The van der Waals surface area contributed by atoms with Gasteiger partial charge in [0.15, 0.2) is 0 Å². The van der Waals surface area contributed by atoms with Crippen LogP contribution in [0.25, 0.3) is 0 Å². The average Bonchev–Trinajstić information content (AvgIpc) is 2.30. The van der Waals surface area contributed by atoms with Crippen LogP contribution in [0.1, 0.15) is 43.4 Å². The molecule has 1 fully saturated rings. The summed E-state index contributed by atoms with van der Waals surface area (Å²) >= 11 is 0. The van der Waals surface area contributed by atoms with Crippen LogP contribution in [0.2, 0.25) is 0 Å². The zero-order valence-electron chi connectivity index (χ0n) is 10.5. The molecule has 2 nitrogen and oxygen atoms in total. The third-order valence-electron chi connectivity index (χ3n) is 3.40. The van der Waals surface area contributed by atoms with E-state index in [0.29, 0.717) is 12.0 Å². The van der Waals surface area contributed by atoms with Gasteiger partial charge in [0.2, 0.25) is 0 Å². The minimum atomic E-state index is 0.537. The van der Waals surface area contributed by atoms with Crippen molar-refractivity contribution < 1.29 is 0 Å². The highest BCUT2D eigenvalue weighted by Gasteiger charge is 2.20. The minimum Gasteiger partial charge on any atom is -0.297 e. The Morgan fingerprint density at radius 3 is 2.69 bits per heavy atom. The topological polar surface area (TPSA) is 15.3 Å². The molecule has 0 amide bonds. The summed E-state index contributed by atoms with van der Waals surface area (Å²) in [5.41, 5.74) is 2.98. The van der Waals surface area contributed by atoms with Crippen LogP contribution in [0.4, 0.5) is 0 Å². The molecule has 1 atom stereocenters. The molecule has 0 aromatic heterocycles. The number of benzene rings is 1. The summed E-state index contributed by atoms with van der Waals surface area (Å²) in [6, 6.07) is 9.38. The summed E-state index contributed by atoms with van der Waals surface area (Å²) in [5, 5.41) is 3.61. The van der Waals surface area contributed by atoms with Gasteiger partial charge in [0.25, 0.3) is 0 Å². The van der Waals surface area contributed by atoms with Gasteiger partial charge < -0.3 is 0 Å². The molecule has 0 spiro atoms. The Morgan fingerprint density at radius 2 is 2.06 bits per heavy atom. The Balaban J connectivity index is 2.19. The summed E-state index contributed by atoms with van der Waals surface area (Å²) in [6.45, 7) is 6.72. The van der Waals surface area contributed by atoms with Crippen molar-refractivity contribution in [2.24, 2.45) is 0 Å². The van der Waals surface area contributed by atoms with Crippen LogP contribution >= 0.6 is 0 Å². The molecule has 1 aromatic carbocycles. The molecule has 2 heteroatoms. The molecule has 16 heavy (non-hydrogen) atoms. The molecule has 1 unspecified atom stereocenters. The highest BCUT2D eigenvalue weighted by atomic mass is 15.2. The molecule has 88 valence electrons. The van der Waals surface area contributed by atoms with Crippen molar-refractivity contribution in [2.45, 2.75) is 32.2 Å². The molecule has 2 rings (SSSR count). The zero-order valence-corrected chi connectivity index (χ0v) is 10.5. The molecule has 0 aliphatic carbocycles. The minimum absolute atomic E-state index is 0.537. The Labute approximate surface area is 98.7 Å².